The zero-order chi connectivity index (χ0) is 16.3. The molecule has 0 aliphatic rings. The molecular weight excluding hydrogens is 330 g/mol. The van der Waals surface area contributed by atoms with Crippen LogP contribution in [0.25, 0.3) is 0 Å². The Morgan fingerprint density at radius 2 is 1.82 bits per heavy atom. The van der Waals surface area contributed by atoms with E-state index in [1.165, 1.54) is 25.1 Å². The molecule has 0 fully saturated rings. The van der Waals surface area contributed by atoms with Crippen LogP contribution in [0.2, 0.25) is 10.0 Å². The highest BCUT2D eigenvalue weighted by molar-refractivity contribution is 6.44. The Kier molecular flexibility index (Phi) is 5.00. The molecule has 0 unspecified atom stereocenters. The first-order valence-corrected chi connectivity index (χ1v) is 6.96. The Morgan fingerprint density at radius 1 is 1.09 bits per heavy atom. The highest BCUT2D eigenvalue weighted by Crippen LogP contribution is 2.27. The summed E-state index contributed by atoms with van der Waals surface area (Å²) in [6.45, 7) is 1.33. The van der Waals surface area contributed by atoms with E-state index in [1.807, 2.05) is 0 Å². The van der Waals surface area contributed by atoms with Crippen LogP contribution in [-0.2, 0) is 4.79 Å². The van der Waals surface area contributed by atoms with E-state index < -0.39 is 11.7 Å². The van der Waals surface area contributed by atoms with Gasteiger partial charge in [0.2, 0.25) is 5.91 Å². The Hall–Kier alpha value is -2.11. The van der Waals surface area contributed by atoms with E-state index in [4.69, 9.17) is 23.2 Å². The van der Waals surface area contributed by atoms with E-state index in [0.29, 0.717) is 5.69 Å². The summed E-state index contributed by atoms with van der Waals surface area (Å²) >= 11 is 11.8. The second-order valence-electron chi connectivity index (χ2n) is 4.43. The smallest absolute Gasteiger partial charge is 0.257 e. The van der Waals surface area contributed by atoms with E-state index in [1.54, 1.807) is 12.1 Å². The van der Waals surface area contributed by atoms with E-state index in [2.05, 4.69) is 10.6 Å². The van der Waals surface area contributed by atoms with Gasteiger partial charge in [-0.1, -0.05) is 29.3 Å². The standard InChI is InChI=1S/C15H11Cl2FN2O2/c1-8(21)19-9-5-6-12(18)13(7-9)20-15(22)10-3-2-4-11(16)14(10)17/h2-7H,1H3,(H,19,21)(H,20,22). The molecule has 2 aromatic carbocycles. The molecule has 0 atom stereocenters. The van der Waals surface area contributed by atoms with Crippen molar-refractivity contribution in [2.45, 2.75) is 6.92 Å². The molecule has 4 nitrogen and oxygen atoms in total. The molecule has 0 aliphatic carbocycles. The highest BCUT2D eigenvalue weighted by Gasteiger charge is 2.15. The van der Waals surface area contributed by atoms with Crippen LogP contribution in [0.5, 0.6) is 0 Å². The van der Waals surface area contributed by atoms with Gasteiger partial charge in [-0.25, -0.2) is 4.39 Å². The summed E-state index contributed by atoms with van der Waals surface area (Å²) in [4.78, 5) is 23.2. The number of rotatable bonds is 3. The maximum absolute atomic E-state index is 13.8. The predicted molar refractivity (Wildman–Crippen MR) is 85.1 cm³/mol. The van der Waals surface area contributed by atoms with Gasteiger partial charge in [-0.2, -0.15) is 0 Å². The highest BCUT2D eigenvalue weighted by atomic mass is 35.5. The summed E-state index contributed by atoms with van der Waals surface area (Å²) in [5.74, 6) is -1.55. The second-order valence-corrected chi connectivity index (χ2v) is 5.22. The van der Waals surface area contributed by atoms with Crippen LogP contribution >= 0.6 is 23.2 Å². The van der Waals surface area contributed by atoms with E-state index in [-0.39, 0.29) is 27.2 Å². The third-order valence-electron chi connectivity index (χ3n) is 2.73. The summed E-state index contributed by atoms with van der Waals surface area (Å²) in [6, 6.07) is 8.41. The number of hydrogen-bond donors (Lipinski definition) is 2. The second kappa shape index (κ2) is 6.77. The monoisotopic (exact) mass is 340 g/mol. The van der Waals surface area contributed by atoms with Gasteiger partial charge in [0.15, 0.2) is 0 Å². The lowest BCUT2D eigenvalue weighted by atomic mass is 10.2. The van der Waals surface area contributed by atoms with Gasteiger partial charge in [0.25, 0.3) is 5.91 Å². The number of benzene rings is 2. The zero-order valence-electron chi connectivity index (χ0n) is 11.4. The van der Waals surface area contributed by atoms with Crippen molar-refractivity contribution in [1.29, 1.82) is 0 Å². The Bertz CT molecular complexity index is 750. The van der Waals surface area contributed by atoms with Crippen LogP contribution in [0.4, 0.5) is 15.8 Å². The Balaban J connectivity index is 2.28. The van der Waals surface area contributed by atoms with E-state index >= 15 is 0 Å². The Morgan fingerprint density at radius 3 is 2.50 bits per heavy atom. The quantitative estimate of drug-likeness (QED) is 0.872. The lowest BCUT2D eigenvalue weighted by molar-refractivity contribution is -0.114. The minimum absolute atomic E-state index is 0.0766. The maximum atomic E-state index is 13.8. The first kappa shape index (κ1) is 16.3. The molecule has 2 rings (SSSR count). The number of amides is 2. The molecule has 0 spiro atoms. The summed E-state index contributed by atoms with van der Waals surface area (Å²) in [6.07, 6.45) is 0. The fourth-order valence-electron chi connectivity index (χ4n) is 1.77. The van der Waals surface area contributed by atoms with Crippen molar-refractivity contribution < 1.29 is 14.0 Å². The Labute approximate surface area is 136 Å². The van der Waals surface area contributed by atoms with Crippen molar-refractivity contribution in [2.75, 3.05) is 10.6 Å². The topological polar surface area (TPSA) is 58.2 Å². The molecule has 0 bridgehead atoms. The van der Waals surface area contributed by atoms with Gasteiger partial charge in [0.1, 0.15) is 5.82 Å². The van der Waals surface area contributed by atoms with Gasteiger partial charge in [-0.3, -0.25) is 9.59 Å². The number of hydrogen-bond acceptors (Lipinski definition) is 2. The lowest BCUT2D eigenvalue weighted by Crippen LogP contribution is -2.14. The number of carbonyl (C=O) groups excluding carboxylic acids is 2. The first-order chi connectivity index (χ1) is 10.4. The number of nitrogens with one attached hydrogen (secondary N) is 2. The largest absolute Gasteiger partial charge is 0.326 e. The van der Waals surface area contributed by atoms with Crippen LogP contribution in [-0.4, -0.2) is 11.8 Å². The molecule has 7 heteroatoms. The van der Waals surface area contributed by atoms with Crippen molar-refractivity contribution >= 4 is 46.4 Å². The van der Waals surface area contributed by atoms with Gasteiger partial charge in [0.05, 0.1) is 21.3 Å². The summed E-state index contributed by atoms with van der Waals surface area (Å²) in [5.41, 5.74) is 0.409. The average molecular weight is 341 g/mol. The lowest BCUT2D eigenvalue weighted by Gasteiger charge is -2.10. The number of halogens is 3. The van der Waals surface area contributed by atoms with E-state index in [0.717, 1.165) is 6.07 Å². The first-order valence-electron chi connectivity index (χ1n) is 6.21. The molecule has 0 saturated carbocycles. The minimum atomic E-state index is -0.638. The molecule has 0 heterocycles. The van der Waals surface area contributed by atoms with Crippen molar-refractivity contribution in [3.05, 3.63) is 57.8 Å². The molecule has 22 heavy (non-hydrogen) atoms. The van der Waals surface area contributed by atoms with Crippen LogP contribution in [0.1, 0.15) is 17.3 Å². The summed E-state index contributed by atoms with van der Waals surface area (Å²) in [5, 5.41) is 5.21. The normalized spacial score (nSPS) is 10.2. The van der Waals surface area contributed by atoms with Crippen molar-refractivity contribution in [3.8, 4) is 0 Å². The fraction of sp³-hybridized carbons (Fsp3) is 0.0667. The number of carbonyl (C=O) groups is 2. The van der Waals surface area contributed by atoms with Crippen LogP contribution in [0.3, 0.4) is 0 Å². The molecule has 2 aromatic rings. The van der Waals surface area contributed by atoms with Crippen molar-refractivity contribution in [3.63, 3.8) is 0 Å². The molecule has 0 saturated heterocycles. The van der Waals surface area contributed by atoms with Crippen LogP contribution in [0, 0.1) is 5.82 Å². The third-order valence-corrected chi connectivity index (χ3v) is 3.55. The molecule has 0 aromatic heterocycles. The molecule has 0 aliphatic heterocycles. The summed E-state index contributed by atoms with van der Waals surface area (Å²) < 4.78 is 13.8. The summed E-state index contributed by atoms with van der Waals surface area (Å²) in [7, 11) is 0. The third kappa shape index (κ3) is 3.75. The van der Waals surface area contributed by atoms with Gasteiger partial charge >= 0.3 is 0 Å². The molecule has 2 N–H and O–H groups in total. The van der Waals surface area contributed by atoms with Gasteiger partial charge < -0.3 is 10.6 Å². The van der Waals surface area contributed by atoms with Crippen LogP contribution in [0.15, 0.2) is 36.4 Å². The van der Waals surface area contributed by atoms with E-state index in [9.17, 15) is 14.0 Å². The molecule has 114 valence electrons. The molecular formula is C15H11Cl2FN2O2. The predicted octanol–water partition coefficient (Wildman–Crippen LogP) is 4.34. The molecule has 0 radical (unpaired) electrons. The van der Waals surface area contributed by atoms with Gasteiger partial charge in [0, 0.05) is 12.6 Å². The minimum Gasteiger partial charge on any atom is -0.326 e. The van der Waals surface area contributed by atoms with Crippen molar-refractivity contribution in [1.82, 2.24) is 0 Å². The van der Waals surface area contributed by atoms with Crippen LogP contribution < -0.4 is 10.6 Å². The number of anilines is 2. The maximum Gasteiger partial charge on any atom is 0.257 e. The van der Waals surface area contributed by atoms with Gasteiger partial charge in [-0.15, -0.1) is 0 Å². The van der Waals surface area contributed by atoms with Crippen molar-refractivity contribution in [2.24, 2.45) is 0 Å². The molecule has 2 amide bonds. The zero-order valence-corrected chi connectivity index (χ0v) is 12.9. The van der Waals surface area contributed by atoms with Gasteiger partial charge in [-0.05, 0) is 30.3 Å². The average Bonchev–Trinajstić information content (AvgIpc) is 2.45. The SMILES string of the molecule is CC(=O)Nc1ccc(F)c(NC(=O)c2cccc(Cl)c2Cl)c1. The fourth-order valence-corrected chi connectivity index (χ4v) is 2.16.